The summed E-state index contributed by atoms with van der Waals surface area (Å²) in [4.78, 5) is 10.3. The number of hydrogen-bond acceptors (Lipinski definition) is 8. The van der Waals surface area contributed by atoms with E-state index in [-0.39, 0.29) is 35.2 Å². The van der Waals surface area contributed by atoms with Crippen LogP contribution in [0.15, 0.2) is 29.4 Å². The molecule has 2 aliphatic heterocycles. The molecule has 1 aromatic heterocycles. The lowest BCUT2D eigenvalue weighted by atomic mass is 9.91. The Hall–Kier alpha value is -2.51. The summed E-state index contributed by atoms with van der Waals surface area (Å²) >= 11 is 0. The molecule has 0 radical (unpaired) electrons. The zero-order valence-corrected chi connectivity index (χ0v) is 20.7. The second-order valence-corrected chi connectivity index (χ2v) is 11.2. The molecule has 2 aromatic rings. The molecule has 0 saturated carbocycles. The summed E-state index contributed by atoms with van der Waals surface area (Å²) in [5, 5.41) is 2.86. The molecule has 0 aliphatic carbocycles. The predicted molar refractivity (Wildman–Crippen MR) is 124 cm³/mol. The van der Waals surface area contributed by atoms with Gasteiger partial charge in [0.15, 0.2) is 9.84 Å². The molecule has 0 amide bonds. The van der Waals surface area contributed by atoms with E-state index in [9.17, 15) is 26.0 Å². The number of aromatic nitrogens is 2. The minimum atomic E-state index is -4.16. The van der Waals surface area contributed by atoms with E-state index in [1.807, 2.05) is 0 Å². The van der Waals surface area contributed by atoms with Gasteiger partial charge < -0.3 is 14.8 Å². The van der Waals surface area contributed by atoms with Gasteiger partial charge in [0.05, 0.1) is 29.4 Å². The van der Waals surface area contributed by atoms with Crippen molar-refractivity contribution in [2.24, 2.45) is 0 Å². The lowest BCUT2D eigenvalue weighted by Crippen LogP contribution is -2.59. The average molecular weight is 533 g/mol. The van der Waals surface area contributed by atoms with Crippen LogP contribution < -0.4 is 10.1 Å². The van der Waals surface area contributed by atoms with Gasteiger partial charge in [-0.2, -0.15) is 13.2 Å². The number of fused-ring (bicyclic) bond motifs is 2. The Kier molecular flexibility index (Phi) is 7.72. The fraction of sp³-hybridized carbons (Fsp3) is 0.565. The van der Waals surface area contributed by atoms with Gasteiger partial charge in [0, 0.05) is 37.6 Å². The van der Waals surface area contributed by atoms with Gasteiger partial charge in [-0.1, -0.05) is 0 Å². The van der Waals surface area contributed by atoms with Crippen molar-refractivity contribution in [1.82, 2.24) is 14.9 Å². The quantitative estimate of drug-likeness (QED) is 0.510. The number of hydrogen-bond donors (Lipinski definition) is 1. The third-order valence-corrected chi connectivity index (χ3v) is 7.55. The summed E-state index contributed by atoms with van der Waals surface area (Å²) in [5.74, 6) is -0.126. The Morgan fingerprint density at radius 3 is 2.50 bits per heavy atom. The molecule has 1 aromatic carbocycles. The monoisotopic (exact) mass is 532 g/mol. The van der Waals surface area contributed by atoms with Crippen LogP contribution in [0.1, 0.15) is 31.2 Å². The number of piperidine rings is 1. The van der Waals surface area contributed by atoms with Crippen molar-refractivity contribution in [3.8, 4) is 5.88 Å². The number of alkyl halides is 3. The predicted octanol–water partition coefficient (Wildman–Crippen LogP) is 4.02. The first kappa shape index (κ1) is 26.6. The highest BCUT2D eigenvalue weighted by Crippen LogP contribution is 2.33. The highest BCUT2D eigenvalue weighted by atomic mass is 32.2. The van der Waals surface area contributed by atoms with Gasteiger partial charge in [0.1, 0.15) is 24.1 Å². The SMILES string of the molecule is Cc1c(Nc2ccc(S(C)(=O)=O)cc2F)ncnc1OC1C[C@H]2COC[C@@H](C1)N2CCCC(F)(F)F. The van der Waals surface area contributed by atoms with Gasteiger partial charge in [-0.05, 0) is 38.1 Å². The molecule has 36 heavy (non-hydrogen) atoms. The lowest BCUT2D eigenvalue weighted by molar-refractivity contribution is -0.141. The third-order valence-electron chi connectivity index (χ3n) is 6.44. The highest BCUT2D eigenvalue weighted by Gasteiger charge is 2.40. The molecule has 4 rings (SSSR count). The van der Waals surface area contributed by atoms with Gasteiger partial charge in [-0.15, -0.1) is 0 Å². The Labute approximate surface area is 206 Å². The van der Waals surface area contributed by atoms with E-state index < -0.39 is 28.3 Å². The Balaban J connectivity index is 1.42. The summed E-state index contributed by atoms with van der Waals surface area (Å²) < 4.78 is 87.3. The number of morpholine rings is 1. The molecule has 8 nitrogen and oxygen atoms in total. The van der Waals surface area contributed by atoms with Crippen molar-refractivity contribution in [2.45, 2.75) is 61.9 Å². The van der Waals surface area contributed by atoms with Crippen LogP contribution in [0, 0.1) is 12.7 Å². The van der Waals surface area contributed by atoms with E-state index >= 15 is 0 Å². The van der Waals surface area contributed by atoms with Crippen LogP contribution in [-0.4, -0.2) is 73.7 Å². The molecule has 198 valence electrons. The maximum Gasteiger partial charge on any atom is 0.389 e. The van der Waals surface area contributed by atoms with Crippen LogP contribution in [0.3, 0.4) is 0 Å². The summed E-state index contributed by atoms with van der Waals surface area (Å²) in [5.41, 5.74) is 0.590. The molecule has 2 aliphatic rings. The molecule has 2 bridgehead atoms. The molecule has 13 heteroatoms. The largest absolute Gasteiger partial charge is 0.474 e. The standard InChI is InChI=1S/C23H28F4N4O4S/c1-14-21(30-20-5-4-18(10-19(20)24)36(2,32)33)28-13-29-22(14)35-17-8-15-11-34-12-16(9-17)31(15)7-3-6-23(25,26)27/h4-5,10,13,15-17H,3,6-9,11-12H2,1-2H3,(H,28,29,30)/t15-,16+,17?. The molecule has 3 heterocycles. The molecule has 3 atom stereocenters. The fourth-order valence-electron chi connectivity index (χ4n) is 4.66. The second-order valence-electron chi connectivity index (χ2n) is 9.20. The number of ether oxygens (including phenoxy) is 2. The first-order chi connectivity index (χ1) is 16.9. The van der Waals surface area contributed by atoms with Crippen molar-refractivity contribution >= 4 is 21.3 Å². The van der Waals surface area contributed by atoms with E-state index in [1.165, 1.54) is 18.5 Å². The van der Waals surface area contributed by atoms with Crippen molar-refractivity contribution in [1.29, 1.82) is 0 Å². The van der Waals surface area contributed by atoms with Crippen molar-refractivity contribution < 1.29 is 35.5 Å². The Morgan fingerprint density at radius 2 is 1.89 bits per heavy atom. The summed E-state index contributed by atoms with van der Waals surface area (Å²) in [7, 11) is -3.54. The molecular weight excluding hydrogens is 504 g/mol. The van der Waals surface area contributed by atoms with E-state index in [4.69, 9.17) is 9.47 Å². The highest BCUT2D eigenvalue weighted by molar-refractivity contribution is 7.90. The van der Waals surface area contributed by atoms with Gasteiger partial charge in [0.2, 0.25) is 5.88 Å². The molecule has 1 N–H and O–H groups in total. The van der Waals surface area contributed by atoms with Gasteiger partial charge >= 0.3 is 6.18 Å². The maximum absolute atomic E-state index is 14.5. The number of benzene rings is 1. The minimum absolute atomic E-state index is 0.0436. The zero-order chi connectivity index (χ0) is 26.1. The zero-order valence-electron chi connectivity index (χ0n) is 19.9. The number of halogens is 4. The van der Waals surface area contributed by atoms with E-state index in [2.05, 4.69) is 20.2 Å². The van der Waals surface area contributed by atoms with Gasteiger partial charge in [0.25, 0.3) is 0 Å². The Bertz CT molecular complexity index is 1180. The topological polar surface area (TPSA) is 93.7 Å². The van der Waals surface area contributed by atoms with Crippen molar-refractivity contribution in [3.63, 3.8) is 0 Å². The van der Waals surface area contributed by atoms with Crippen molar-refractivity contribution in [2.75, 3.05) is 31.3 Å². The fourth-order valence-corrected chi connectivity index (χ4v) is 5.29. The first-order valence-corrected chi connectivity index (χ1v) is 13.4. The Morgan fingerprint density at radius 1 is 1.19 bits per heavy atom. The summed E-state index contributed by atoms with van der Waals surface area (Å²) in [6, 6.07) is 3.48. The van der Waals surface area contributed by atoms with Crippen LogP contribution in [0.4, 0.5) is 29.1 Å². The first-order valence-electron chi connectivity index (χ1n) is 11.6. The normalized spacial score (nSPS) is 22.9. The summed E-state index contributed by atoms with van der Waals surface area (Å²) in [6.45, 7) is 2.94. The van der Waals surface area contributed by atoms with Crippen LogP contribution in [0.25, 0.3) is 0 Å². The number of nitrogens with one attached hydrogen (secondary N) is 1. The van der Waals surface area contributed by atoms with Gasteiger partial charge in [-0.25, -0.2) is 22.8 Å². The van der Waals surface area contributed by atoms with Gasteiger partial charge in [-0.3, -0.25) is 4.90 Å². The van der Waals surface area contributed by atoms with Crippen LogP contribution in [-0.2, 0) is 14.6 Å². The van der Waals surface area contributed by atoms with Crippen LogP contribution in [0.2, 0.25) is 0 Å². The van der Waals surface area contributed by atoms with Crippen LogP contribution >= 0.6 is 0 Å². The number of sulfone groups is 1. The number of anilines is 2. The third kappa shape index (κ3) is 6.43. The lowest BCUT2D eigenvalue weighted by Gasteiger charge is -2.48. The smallest absolute Gasteiger partial charge is 0.389 e. The van der Waals surface area contributed by atoms with E-state index in [0.717, 1.165) is 12.3 Å². The molecular formula is C23H28F4N4O4S. The van der Waals surface area contributed by atoms with E-state index in [0.29, 0.717) is 49.9 Å². The molecule has 0 spiro atoms. The number of nitrogens with zero attached hydrogens (tertiary/aromatic N) is 3. The number of rotatable bonds is 8. The van der Waals surface area contributed by atoms with E-state index in [1.54, 1.807) is 6.92 Å². The van der Waals surface area contributed by atoms with Crippen LogP contribution in [0.5, 0.6) is 5.88 Å². The second kappa shape index (κ2) is 10.5. The van der Waals surface area contributed by atoms with Crippen molar-refractivity contribution in [3.05, 3.63) is 35.9 Å². The molecule has 2 fully saturated rings. The molecule has 1 unspecified atom stereocenters. The molecule has 2 saturated heterocycles. The average Bonchev–Trinajstić information content (AvgIpc) is 2.76. The minimum Gasteiger partial charge on any atom is -0.474 e. The maximum atomic E-state index is 14.5. The summed E-state index contributed by atoms with van der Waals surface area (Å²) in [6.07, 6.45) is -1.70.